The zero-order chi connectivity index (χ0) is 21.3. The number of aryl methyl sites for hydroxylation is 1. The van der Waals surface area contributed by atoms with Crippen molar-refractivity contribution in [3.05, 3.63) is 111 Å². The van der Waals surface area contributed by atoms with Crippen molar-refractivity contribution >= 4 is 16.7 Å². The number of halogens is 1. The van der Waals surface area contributed by atoms with Crippen LogP contribution >= 0.6 is 0 Å². The Kier molecular flexibility index (Phi) is 5.19. The number of rotatable bonds is 5. The van der Waals surface area contributed by atoms with E-state index in [1.54, 1.807) is 19.4 Å². The van der Waals surface area contributed by atoms with Crippen LogP contribution < -0.4 is 10.2 Å². The summed E-state index contributed by atoms with van der Waals surface area (Å²) in [6.45, 7) is 2.36. The normalized spacial score (nSPS) is 10.9. The Bertz CT molecular complexity index is 1310. The number of hydrogen-bond donors (Lipinski definition) is 0. The van der Waals surface area contributed by atoms with E-state index in [0.29, 0.717) is 11.9 Å². The summed E-state index contributed by atoms with van der Waals surface area (Å²) in [6, 6.07) is 18.5. The SMILES string of the molecule is COc1cccc(Cn2cc(C(=O)c3ccc(F)cc3)c(=O)c3cc(C)ccc32)c1. The van der Waals surface area contributed by atoms with Crippen molar-refractivity contribution in [3.8, 4) is 5.75 Å². The highest BCUT2D eigenvalue weighted by Crippen LogP contribution is 2.20. The molecule has 0 aliphatic heterocycles. The van der Waals surface area contributed by atoms with Crippen molar-refractivity contribution in [2.24, 2.45) is 0 Å². The molecule has 1 aromatic heterocycles. The number of aromatic nitrogens is 1. The largest absolute Gasteiger partial charge is 0.497 e. The molecule has 30 heavy (non-hydrogen) atoms. The minimum atomic E-state index is -0.434. The molecular formula is C25H20FNO3. The fourth-order valence-electron chi connectivity index (χ4n) is 3.53. The molecule has 0 radical (unpaired) electrons. The van der Waals surface area contributed by atoms with Gasteiger partial charge in [-0.15, -0.1) is 0 Å². The predicted molar refractivity (Wildman–Crippen MR) is 115 cm³/mol. The Morgan fingerprint density at radius 3 is 2.53 bits per heavy atom. The third-order valence-corrected chi connectivity index (χ3v) is 5.07. The number of fused-ring (bicyclic) bond motifs is 1. The molecule has 0 atom stereocenters. The molecule has 0 saturated carbocycles. The number of hydrogen-bond acceptors (Lipinski definition) is 3. The third-order valence-electron chi connectivity index (χ3n) is 5.07. The number of ether oxygens (including phenoxy) is 1. The molecule has 0 bridgehead atoms. The first kappa shape index (κ1) is 19.6. The molecule has 0 saturated heterocycles. The highest BCUT2D eigenvalue weighted by molar-refractivity contribution is 6.10. The molecule has 4 aromatic rings. The van der Waals surface area contributed by atoms with Crippen molar-refractivity contribution < 1.29 is 13.9 Å². The third kappa shape index (κ3) is 3.74. The lowest BCUT2D eigenvalue weighted by molar-refractivity contribution is 0.103. The molecule has 150 valence electrons. The lowest BCUT2D eigenvalue weighted by Gasteiger charge is -2.14. The molecule has 0 N–H and O–H groups in total. The fourth-order valence-corrected chi connectivity index (χ4v) is 3.53. The summed E-state index contributed by atoms with van der Waals surface area (Å²) in [6.07, 6.45) is 1.59. The zero-order valence-corrected chi connectivity index (χ0v) is 16.7. The standard InChI is InChI=1S/C25H20FNO3/c1-16-6-11-23-21(12-16)25(29)22(24(28)18-7-9-19(26)10-8-18)15-27(23)14-17-4-3-5-20(13-17)30-2/h3-13,15H,14H2,1-2H3. The number of pyridine rings is 1. The topological polar surface area (TPSA) is 48.3 Å². The number of nitrogens with zero attached hydrogens (tertiary/aromatic N) is 1. The van der Waals surface area contributed by atoms with E-state index >= 15 is 0 Å². The van der Waals surface area contributed by atoms with Crippen molar-refractivity contribution in [2.75, 3.05) is 7.11 Å². The maximum Gasteiger partial charge on any atom is 0.200 e. The van der Waals surface area contributed by atoms with E-state index in [4.69, 9.17) is 4.74 Å². The summed E-state index contributed by atoms with van der Waals surface area (Å²) in [4.78, 5) is 26.2. The van der Waals surface area contributed by atoms with E-state index in [0.717, 1.165) is 22.4 Å². The summed E-state index contributed by atoms with van der Waals surface area (Å²) in [5.74, 6) is -0.129. The minimum absolute atomic E-state index is 0.0580. The molecule has 4 nitrogen and oxygen atoms in total. The van der Waals surface area contributed by atoms with Gasteiger partial charge in [-0.05, 0) is 61.0 Å². The fraction of sp³-hybridized carbons (Fsp3) is 0.120. The molecule has 4 rings (SSSR count). The molecule has 0 amide bonds. The molecule has 0 spiro atoms. The van der Waals surface area contributed by atoms with Crippen LogP contribution in [0.3, 0.4) is 0 Å². The lowest BCUT2D eigenvalue weighted by Crippen LogP contribution is -2.20. The Balaban J connectivity index is 1.88. The number of carbonyl (C=O) groups excluding carboxylic acids is 1. The average Bonchev–Trinajstić information content (AvgIpc) is 2.76. The second-order valence-corrected chi connectivity index (χ2v) is 7.21. The van der Waals surface area contributed by atoms with Crippen molar-refractivity contribution in [1.29, 1.82) is 0 Å². The Hall–Kier alpha value is -3.73. The summed E-state index contributed by atoms with van der Waals surface area (Å²) in [5, 5.41) is 0.478. The first-order valence-corrected chi connectivity index (χ1v) is 9.53. The van der Waals surface area contributed by atoms with Crippen molar-refractivity contribution in [1.82, 2.24) is 4.57 Å². The van der Waals surface area contributed by atoms with Gasteiger partial charge in [-0.1, -0.05) is 23.8 Å². The van der Waals surface area contributed by atoms with Crippen LogP contribution in [0.4, 0.5) is 4.39 Å². The van der Waals surface area contributed by atoms with Crippen LogP contribution in [0.25, 0.3) is 10.9 Å². The summed E-state index contributed by atoms with van der Waals surface area (Å²) >= 11 is 0. The Labute approximate surface area is 173 Å². The first-order valence-electron chi connectivity index (χ1n) is 9.53. The molecule has 1 heterocycles. The van der Waals surface area contributed by atoms with Gasteiger partial charge in [0.2, 0.25) is 5.43 Å². The van der Waals surface area contributed by atoms with Crippen LogP contribution in [0.1, 0.15) is 27.0 Å². The van der Waals surface area contributed by atoms with E-state index < -0.39 is 11.6 Å². The molecule has 5 heteroatoms. The number of ketones is 1. The quantitative estimate of drug-likeness (QED) is 0.454. The zero-order valence-electron chi connectivity index (χ0n) is 16.7. The summed E-state index contributed by atoms with van der Waals surface area (Å²) < 4.78 is 20.5. The Morgan fingerprint density at radius 1 is 1.03 bits per heavy atom. The van der Waals surface area contributed by atoms with Gasteiger partial charge in [0, 0.05) is 23.7 Å². The average molecular weight is 401 g/mol. The van der Waals surface area contributed by atoms with Gasteiger partial charge in [-0.2, -0.15) is 0 Å². The van der Waals surface area contributed by atoms with Gasteiger partial charge in [0.25, 0.3) is 0 Å². The number of carbonyl (C=O) groups is 1. The second-order valence-electron chi connectivity index (χ2n) is 7.21. The van der Waals surface area contributed by atoms with E-state index in [9.17, 15) is 14.0 Å². The monoisotopic (exact) mass is 401 g/mol. The maximum atomic E-state index is 13.3. The van der Waals surface area contributed by atoms with Gasteiger partial charge >= 0.3 is 0 Å². The Morgan fingerprint density at radius 2 is 1.80 bits per heavy atom. The highest BCUT2D eigenvalue weighted by atomic mass is 19.1. The van der Waals surface area contributed by atoms with Gasteiger partial charge < -0.3 is 9.30 Å². The minimum Gasteiger partial charge on any atom is -0.497 e. The molecule has 0 fully saturated rings. The van der Waals surface area contributed by atoms with Gasteiger partial charge in [0.15, 0.2) is 5.78 Å². The van der Waals surface area contributed by atoms with E-state index in [1.165, 1.54) is 24.3 Å². The van der Waals surface area contributed by atoms with E-state index in [-0.39, 0.29) is 16.6 Å². The van der Waals surface area contributed by atoms with E-state index in [1.807, 2.05) is 47.9 Å². The van der Waals surface area contributed by atoms with Gasteiger partial charge in [-0.3, -0.25) is 9.59 Å². The predicted octanol–water partition coefficient (Wildman–Crippen LogP) is 4.74. The molecule has 0 aliphatic carbocycles. The summed E-state index contributed by atoms with van der Waals surface area (Å²) in [5.41, 5.74) is 2.64. The molecular weight excluding hydrogens is 381 g/mol. The molecule has 0 unspecified atom stereocenters. The van der Waals surface area contributed by atoms with Crippen LogP contribution in [0.15, 0.2) is 77.7 Å². The van der Waals surface area contributed by atoms with Crippen LogP contribution in [0.5, 0.6) is 5.75 Å². The van der Waals surface area contributed by atoms with Crippen LogP contribution in [0.2, 0.25) is 0 Å². The van der Waals surface area contributed by atoms with Crippen LogP contribution in [-0.4, -0.2) is 17.5 Å². The van der Waals surface area contributed by atoms with Crippen LogP contribution in [-0.2, 0) is 6.54 Å². The summed E-state index contributed by atoms with van der Waals surface area (Å²) in [7, 11) is 1.61. The number of methoxy groups -OCH3 is 1. The lowest BCUT2D eigenvalue weighted by atomic mass is 10.0. The number of benzene rings is 3. The highest BCUT2D eigenvalue weighted by Gasteiger charge is 2.17. The molecule has 0 aliphatic rings. The second kappa shape index (κ2) is 7.95. The van der Waals surface area contributed by atoms with E-state index in [2.05, 4.69) is 0 Å². The maximum absolute atomic E-state index is 13.3. The van der Waals surface area contributed by atoms with Crippen molar-refractivity contribution in [3.63, 3.8) is 0 Å². The van der Waals surface area contributed by atoms with Crippen molar-refractivity contribution in [2.45, 2.75) is 13.5 Å². The first-order chi connectivity index (χ1) is 14.5. The smallest absolute Gasteiger partial charge is 0.200 e. The van der Waals surface area contributed by atoms with Gasteiger partial charge in [0.05, 0.1) is 18.2 Å². The van der Waals surface area contributed by atoms with Gasteiger partial charge in [-0.25, -0.2) is 4.39 Å². The van der Waals surface area contributed by atoms with Crippen LogP contribution in [0, 0.1) is 12.7 Å². The van der Waals surface area contributed by atoms with Gasteiger partial charge in [0.1, 0.15) is 11.6 Å². The molecule has 3 aromatic carbocycles.